The highest BCUT2D eigenvalue weighted by Crippen LogP contribution is 2.30. The van der Waals surface area contributed by atoms with Crippen LogP contribution in [-0.2, 0) is 4.79 Å². The third-order valence-corrected chi connectivity index (χ3v) is 5.13. The fourth-order valence-electron chi connectivity index (χ4n) is 2.10. The molecule has 1 N–H and O–H groups in total. The molecule has 1 amide bonds. The van der Waals surface area contributed by atoms with Crippen LogP contribution in [0.2, 0.25) is 0 Å². The van der Waals surface area contributed by atoms with Crippen LogP contribution in [0.1, 0.15) is 40.5 Å². The molecule has 1 aromatic rings. The van der Waals surface area contributed by atoms with Crippen molar-refractivity contribution in [3.63, 3.8) is 0 Å². The minimum Gasteiger partial charge on any atom is -0.357 e. The Kier molecular flexibility index (Phi) is 6.50. The number of nitrogens with zero attached hydrogens (tertiary/aromatic N) is 3. The summed E-state index contributed by atoms with van der Waals surface area (Å²) < 4.78 is 0.866. The highest BCUT2D eigenvalue weighted by Gasteiger charge is 2.23. The van der Waals surface area contributed by atoms with Gasteiger partial charge in [0, 0.05) is 19.1 Å². The number of rotatable bonds is 9. The summed E-state index contributed by atoms with van der Waals surface area (Å²) in [5.41, 5.74) is 0. The Bertz CT molecular complexity index is 476. The Balaban J connectivity index is 1.81. The van der Waals surface area contributed by atoms with Crippen molar-refractivity contribution in [2.75, 3.05) is 24.2 Å². The molecule has 22 heavy (non-hydrogen) atoms. The minimum absolute atomic E-state index is 0.194. The number of hydrogen-bond acceptors (Lipinski definition) is 6. The molecule has 0 atom stereocenters. The summed E-state index contributed by atoms with van der Waals surface area (Å²) in [6.45, 7) is 10.2. The van der Waals surface area contributed by atoms with Gasteiger partial charge in [-0.2, -0.15) is 0 Å². The summed E-state index contributed by atoms with van der Waals surface area (Å²) in [6.07, 6.45) is 2.44. The molecule has 5 nitrogen and oxygen atoms in total. The van der Waals surface area contributed by atoms with E-state index in [0.717, 1.165) is 22.6 Å². The predicted molar refractivity (Wildman–Crippen MR) is 93.5 cm³/mol. The largest absolute Gasteiger partial charge is 0.357 e. The minimum atomic E-state index is 0.194. The summed E-state index contributed by atoms with van der Waals surface area (Å²) in [6, 6.07) is 0.583. The van der Waals surface area contributed by atoms with Crippen molar-refractivity contribution in [3.8, 4) is 0 Å². The first kappa shape index (κ1) is 17.5. The van der Waals surface area contributed by atoms with E-state index in [-0.39, 0.29) is 5.91 Å². The van der Waals surface area contributed by atoms with E-state index in [4.69, 9.17) is 0 Å². The van der Waals surface area contributed by atoms with Gasteiger partial charge in [-0.05, 0) is 24.7 Å². The number of aromatic nitrogens is 2. The predicted octanol–water partition coefficient (Wildman–Crippen LogP) is 3.35. The number of thioether (sulfide) groups is 1. The quantitative estimate of drug-likeness (QED) is 0.698. The van der Waals surface area contributed by atoms with Gasteiger partial charge in [0.25, 0.3) is 0 Å². The van der Waals surface area contributed by atoms with Crippen LogP contribution >= 0.6 is 23.1 Å². The van der Waals surface area contributed by atoms with Crippen LogP contribution in [0, 0.1) is 11.8 Å². The molecule has 7 heteroatoms. The number of amides is 1. The number of nitrogens with one attached hydrogen (secondary N) is 1. The molecule has 0 spiro atoms. The van der Waals surface area contributed by atoms with E-state index in [2.05, 4.69) is 43.2 Å². The summed E-state index contributed by atoms with van der Waals surface area (Å²) in [4.78, 5) is 14.4. The molecule has 0 saturated heterocycles. The fourth-order valence-corrected chi connectivity index (χ4v) is 3.83. The molecule has 0 aromatic carbocycles. The summed E-state index contributed by atoms with van der Waals surface area (Å²) in [7, 11) is 0. The van der Waals surface area contributed by atoms with Crippen molar-refractivity contribution in [1.82, 2.24) is 15.1 Å². The molecule has 1 aliphatic carbocycles. The lowest BCUT2D eigenvalue weighted by molar-refractivity contribution is -0.129. The molecular weight excluding hydrogens is 316 g/mol. The Hall–Kier alpha value is -0.820. The van der Waals surface area contributed by atoms with Crippen molar-refractivity contribution >= 4 is 34.1 Å². The summed E-state index contributed by atoms with van der Waals surface area (Å²) in [5, 5.41) is 12.5. The lowest BCUT2D eigenvalue weighted by Gasteiger charge is -2.26. The lowest BCUT2D eigenvalue weighted by atomic mass is 10.1. The molecule has 0 unspecified atom stereocenters. The van der Waals surface area contributed by atoms with E-state index >= 15 is 0 Å². The van der Waals surface area contributed by atoms with Crippen molar-refractivity contribution in [2.24, 2.45) is 11.8 Å². The summed E-state index contributed by atoms with van der Waals surface area (Å²) >= 11 is 3.03. The number of carbonyl (C=O) groups is 1. The molecule has 1 saturated carbocycles. The van der Waals surface area contributed by atoms with E-state index in [1.54, 1.807) is 11.3 Å². The zero-order chi connectivity index (χ0) is 16.1. The Morgan fingerprint density at radius 2 is 1.91 bits per heavy atom. The van der Waals surface area contributed by atoms with Crippen molar-refractivity contribution < 1.29 is 4.79 Å². The van der Waals surface area contributed by atoms with Gasteiger partial charge in [0.2, 0.25) is 11.0 Å². The first-order valence-corrected chi connectivity index (χ1v) is 9.75. The van der Waals surface area contributed by atoms with Crippen LogP contribution < -0.4 is 5.32 Å². The highest BCUT2D eigenvalue weighted by molar-refractivity contribution is 8.01. The first-order chi connectivity index (χ1) is 10.4. The Labute approximate surface area is 141 Å². The van der Waals surface area contributed by atoms with Crippen molar-refractivity contribution in [3.05, 3.63) is 0 Å². The lowest BCUT2D eigenvalue weighted by Crippen LogP contribution is -2.38. The van der Waals surface area contributed by atoms with Gasteiger partial charge in [-0.25, -0.2) is 0 Å². The zero-order valence-electron chi connectivity index (χ0n) is 13.8. The second-order valence-corrected chi connectivity index (χ2v) is 8.87. The molecule has 0 aliphatic heterocycles. The van der Waals surface area contributed by atoms with Gasteiger partial charge in [0.05, 0.1) is 5.75 Å². The van der Waals surface area contributed by atoms with Gasteiger partial charge >= 0.3 is 0 Å². The Morgan fingerprint density at radius 1 is 1.27 bits per heavy atom. The van der Waals surface area contributed by atoms with E-state index in [1.165, 1.54) is 24.6 Å². The van der Waals surface area contributed by atoms with Crippen LogP contribution in [0.3, 0.4) is 0 Å². The average molecular weight is 343 g/mol. The van der Waals surface area contributed by atoms with E-state index in [1.807, 2.05) is 4.90 Å². The van der Waals surface area contributed by atoms with Crippen LogP contribution in [0.5, 0.6) is 0 Å². The molecule has 1 aromatic heterocycles. The maximum atomic E-state index is 12.4. The van der Waals surface area contributed by atoms with E-state index in [0.29, 0.717) is 23.6 Å². The Morgan fingerprint density at radius 3 is 2.45 bits per heavy atom. The third-order valence-electron chi connectivity index (χ3n) is 3.15. The van der Waals surface area contributed by atoms with Gasteiger partial charge < -0.3 is 10.2 Å². The molecule has 1 fully saturated rings. The van der Waals surface area contributed by atoms with Gasteiger partial charge in [-0.15, -0.1) is 10.2 Å². The topological polar surface area (TPSA) is 58.1 Å². The van der Waals surface area contributed by atoms with Crippen LogP contribution in [0.4, 0.5) is 5.13 Å². The van der Waals surface area contributed by atoms with E-state index in [9.17, 15) is 4.79 Å². The number of anilines is 1. The maximum absolute atomic E-state index is 12.4. The SMILES string of the molecule is CC(C)CN(CC(C)C)C(=O)CSc1nnc(NC2CC2)s1. The maximum Gasteiger partial charge on any atom is 0.233 e. The number of hydrogen-bond donors (Lipinski definition) is 1. The van der Waals surface area contributed by atoms with Crippen LogP contribution in [0.25, 0.3) is 0 Å². The second-order valence-electron chi connectivity index (χ2n) is 6.67. The van der Waals surface area contributed by atoms with Gasteiger partial charge in [0.1, 0.15) is 0 Å². The van der Waals surface area contributed by atoms with Gasteiger partial charge in [-0.3, -0.25) is 4.79 Å². The zero-order valence-corrected chi connectivity index (χ0v) is 15.5. The molecule has 1 aliphatic rings. The fraction of sp³-hybridized carbons (Fsp3) is 0.800. The van der Waals surface area contributed by atoms with Crippen LogP contribution in [0.15, 0.2) is 4.34 Å². The first-order valence-electron chi connectivity index (χ1n) is 7.94. The van der Waals surface area contributed by atoms with Crippen molar-refractivity contribution in [1.29, 1.82) is 0 Å². The third kappa shape index (κ3) is 6.12. The molecule has 0 radical (unpaired) electrons. The standard InChI is InChI=1S/C15H26N4OS2/c1-10(2)7-19(8-11(3)4)13(20)9-21-15-18-17-14(22-15)16-12-5-6-12/h10-12H,5-9H2,1-4H3,(H,16,17). The molecule has 0 bridgehead atoms. The summed E-state index contributed by atoms with van der Waals surface area (Å²) in [5.74, 6) is 1.61. The molecule has 1 heterocycles. The van der Waals surface area contributed by atoms with Gasteiger partial charge in [0.15, 0.2) is 4.34 Å². The normalized spacial score (nSPS) is 14.6. The smallest absolute Gasteiger partial charge is 0.233 e. The van der Waals surface area contributed by atoms with Gasteiger partial charge in [-0.1, -0.05) is 50.8 Å². The molecular formula is C15H26N4OS2. The van der Waals surface area contributed by atoms with Crippen LogP contribution in [-0.4, -0.2) is 45.9 Å². The molecule has 2 rings (SSSR count). The number of carbonyl (C=O) groups excluding carboxylic acids is 1. The average Bonchev–Trinajstić information content (AvgIpc) is 3.11. The van der Waals surface area contributed by atoms with Crippen molar-refractivity contribution in [2.45, 2.75) is 50.9 Å². The second kappa shape index (κ2) is 8.15. The monoisotopic (exact) mass is 342 g/mol. The van der Waals surface area contributed by atoms with E-state index < -0.39 is 0 Å². The highest BCUT2D eigenvalue weighted by atomic mass is 32.2. The molecule has 124 valence electrons.